The summed E-state index contributed by atoms with van der Waals surface area (Å²) in [5, 5.41) is 21.8. The average molecular weight is 557 g/mol. The van der Waals surface area contributed by atoms with E-state index in [4.69, 9.17) is 9.72 Å². The maximum atomic E-state index is 16.6. The molecule has 4 aliphatic heterocycles. The van der Waals surface area contributed by atoms with Crippen LogP contribution in [0.2, 0.25) is 0 Å². The molecular weight excluding hydrogens is 526 g/mol. The highest BCUT2D eigenvalue weighted by Crippen LogP contribution is 2.42. The Bertz CT molecular complexity index is 1710. The first-order chi connectivity index (χ1) is 20.0. The van der Waals surface area contributed by atoms with E-state index in [1.54, 1.807) is 24.4 Å². The van der Waals surface area contributed by atoms with E-state index in [9.17, 15) is 9.65 Å². The molecule has 0 unspecified atom stereocenters. The van der Waals surface area contributed by atoms with Crippen LogP contribution in [-0.4, -0.2) is 81.6 Å². The van der Waals surface area contributed by atoms with Crippen molar-refractivity contribution in [3.63, 3.8) is 0 Å². The lowest BCUT2D eigenvalue weighted by molar-refractivity contribution is 0.107. The highest BCUT2D eigenvalue weighted by Gasteiger charge is 2.49. The molecule has 4 fully saturated rings. The van der Waals surface area contributed by atoms with Gasteiger partial charge in [-0.1, -0.05) is 6.07 Å². The quantitative estimate of drug-likeness (QED) is 0.379. The van der Waals surface area contributed by atoms with E-state index in [0.29, 0.717) is 58.3 Å². The molecule has 0 radical (unpaired) electrons. The number of H-pyrrole nitrogens is 1. The first-order valence-electron chi connectivity index (χ1n) is 14.4. The third kappa shape index (κ3) is 3.95. The van der Waals surface area contributed by atoms with Gasteiger partial charge in [-0.25, -0.2) is 8.78 Å². The van der Waals surface area contributed by atoms with E-state index in [-0.39, 0.29) is 29.2 Å². The number of aromatic amines is 1. The number of benzene rings is 2. The Hall–Kier alpha value is -3.88. The maximum Gasteiger partial charge on any atom is 0.319 e. The van der Waals surface area contributed by atoms with Gasteiger partial charge in [-0.2, -0.15) is 20.3 Å². The highest BCUT2D eigenvalue weighted by atomic mass is 19.1. The Morgan fingerprint density at radius 2 is 1.95 bits per heavy atom. The minimum atomic E-state index is -0.872. The normalized spacial score (nSPS) is 27.5. The van der Waals surface area contributed by atoms with Crippen molar-refractivity contribution in [2.24, 2.45) is 0 Å². The zero-order chi connectivity index (χ0) is 27.7. The van der Waals surface area contributed by atoms with Crippen LogP contribution in [-0.2, 0) is 0 Å². The summed E-state index contributed by atoms with van der Waals surface area (Å²) in [7, 11) is 0. The van der Waals surface area contributed by atoms with Crippen molar-refractivity contribution in [3.05, 3.63) is 41.8 Å². The van der Waals surface area contributed by atoms with E-state index in [2.05, 4.69) is 36.4 Å². The van der Waals surface area contributed by atoms with E-state index in [0.717, 1.165) is 45.3 Å². The van der Waals surface area contributed by atoms with Gasteiger partial charge in [0.2, 0.25) is 0 Å². The molecule has 11 heteroatoms. The minimum Gasteiger partial charge on any atom is -0.461 e. The molecule has 2 aromatic carbocycles. The van der Waals surface area contributed by atoms with Crippen LogP contribution in [0.3, 0.4) is 0 Å². The van der Waals surface area contributed by atoms with Crippen LogP contribution in [0, 0.1) is 17.1 Å². The van der Waals surface area contributed by atoms with Crippen molar-refractivity contribution >= 4 is 27.6 Å². The Morgan fingerprint density at radius 3 is 2.78 bits per heavy atom. The van der Waals surface area contributed by atoms with Crippen LogP contribution >= 0.6 is 0 Å². The fourth-order valence-corrected chi connectivity index (χ4v) is 7.64. The fraction of sp³-hybridized carbons (Fsp3) is 0.467. The second kappa shape index (κ2) is 9.33. The maximum absolute atomic E-state index is 16.6. The van der Waals surface area contributed by atoms with E-state index in [1.807, 2.05) is 6.07 Å². The standard InChI is InChI=1S/C30H30F2N8O/c31-18-10-30(8-1-9-40(30)13-18)16-41-29-36-27-22(28(37-29)39-14-19-3-4-20(15-39)35-19)6-5-21(26(27)32)25-17(11-33)2-7-24-23(25)12-34-38-24/h2,5-7,12,18-20,35H,1,3-4,8-10,13-16H2,(H,34,38)/t18-,19-,20+,30+/m1/s1. The predicted molar refractivity (Wildman–Crippen MR) is 150 cm³/mol. The number of hydrogen-bond donors (Lipinski definition) is 2. The number of hydrogen-bond acceptors (Lipinski definition) is 8. The molecule has 4 aliphatic rings. The van der Waals surface area contributed by atoms with E-state index in [1.165, 1.54) is 0 Å². The van der Waals surface area contributed by atoms with Crippen LogP contribution in [0.25, 0.3) is 32.9 Å². The summed E-state index contributed by atoms with van der Waals surface area (Å²) >= 11 is 0. The molecule has 0 spiro atoms. The molecule has 41 heavy (non-hydrogen) atoms. The molecule has 210 valence electrons. The molecule has 4 saturated heterocycles. The number of alkyl halides is 1. The Morgan fingerprint density at radius 1 is 1.10 bits per heavy atom. The van der Waals surface area contributed by atoms with Gasteiger partial charge in [-0.15, -0.1) is 0 Å². The van der Waals surface area contributed by atoms with Crippen molar-refractivity contribution in [3.8, 4) is 23.2 Å². The molecule has 2 N–H and O–H groups in total. The average Bonchev–Trinajstić information content (AvgIpc) is 3.75. The van der Waals surface area contributed by atoms with E-state index < -0.39 is 12.0 Å². The Labute approximate surface area is 235 Å². The molecule has 0 amide bonds. The van der Waals surface area contributed by atoms with Crippen LogP contribution in [0.15, 0.2) is 30.5 Å². The molecule has 4 aromatic rings. The van der Waals surface area contributed by atoms with Gasteiger partial charge in [-0.3, -0.25) is 10.00 Å². The Kier molecular flexibility index (Phi) is 5.66. The highest BCUT2D eigenvalue weighted by molar-refractivity contribution is 6.01. The van der Waals surface area contributed by atoms with Gasteiger partial charge in [0.15, 0.2) is 5.82 Å². The SMILES string of the molecule is N#Cc1ccc2[nH]ncc2c1-c1ccc2c(N3C[C@H]4CC[C@@H](C3)N4)nc(OC[C@@]34CCCN3C[C@H](F)C4)nc2c1F. The predicted octanol–water partition coefficient (Wildman–Crippen LogP) is 4.08. The number of aromatic nitrogens is 4. The molecular formula is C30H30F2N8O. The second-order valence-corrected chi connectivity index (χ2v) is 12.0. The fourth-order valence-electron chi connectivity index (χ4n) is 7.64. The second-order valence-electron chi connectivity index (χ2n) is 12.0. The summed E-state index contributed by atoms with van der Waals surface area (Å²) < 4.78 is 37.3. The largest absolute Gasteiger partial charge is 0.461 e. The monoisotopic (exact) mass is 556 g/mol. The molecule has 4 atom stereocenters. The lowest BCUT2D eigenvalue weighted by Crippen LogP contribution is -2.51. The van der Waals surface area contributed by atoms with Crippen molar-refractivity contribution < 1.29 is 13.5 Å². The lowest BCUT2D eigenvalue weighted by atomic mass is 9.95. The number of fused-ring (bicyclic) bond motifs is 5. The number of anilines is 1. The van der Waals surface area contributed by atoms with Crippen molar-refractivity contribution in [1.29, 1.82) is 5.26 Å². The van der Waals surface area contributed by atoms with Crippen LogP contribution in [0.1, 0.15) is 37.7 Å². The summed E-state index contributed by atoms with van der Waals surface area (Å²) in [4.78, 5) is 13.9. The van der Waals surface area contributed by atoms with E-state index >= 15 is 4.39 Å². The van der Waals surface area contributed by atoms with Crippen molar-refractivity contribution in [1.82, 2.24) is 30.4 Å². The molecule has 0 aliphatic carbocycles. The molecule has 0 saturated carbocycles. The minimum absolute atomic E-state index is 0.0972. The van der Waals surface area contributed by atoms with Crippen molar-refractivity contribution in [2.45, 2.75) is 55.9 Å². The summed E-state index contributed by atoms with van der Waals surface area (Å²) in [6, 6.07) is 10.0. The summed E-state index contributed by atoms with van der Waals surface area (Å²) in [5.74, 6) is 0.107. The van der Waals surface area contributed by atoms with Gasteiger partial charge in [0, 0.05) is 60.0 Å². The third-order valence-electron chi connectivity index (χ3n) is 9.53. The lowest BCUT2D eigenvalue weighted by Gasteiger charge is -2.34. The van der Waals surface area contributed by atoms with Gasteiger partial charge >= 0.3 is 6.01 Å². The number of halogens is 2. The van der Waals surface area contributed by atoms with Crippen LogP contribution in [0.4, 0.5) is 14.6 Å². The number of nitrogens with zero attached hydrogens (tertiary/aromatic N) is 6. The summed E-state index contributed by atoms with van der Waals surface area (Å²) in [6.45, 7) is 3.07. The zero-order valence-corrected chi connectivity index (χ0v) is 22.5. The van der Waals surface area contributed by atoms with Crippen LogP contribution in [0.5, 0.6) is 6.01 Å². The number of piperazine rings is 1. The molecule has 2 aromatic heterocycles. The smallest absolute Gasteiger partial charge is 0.319 e. The van der Waals surface area contributed by atoms with Crippen LogP contribution < -0.4 is 15.0 Å². The van der Waals surface area contributed by atoms with Gasteiger partial charge in [-0.05, 0) is 50.4 Å². The summed E-state index contributed by atoms with van der Waals surface area (Å²) in [5.41, 5.74) is 1.59. The van der Waals surface area contributed by atoms with Gasteiger partial charge < -0.3 is 15.0 Å². The summed E-state index contributed by atoms with van der Waals surface area (Å²) in [6.07, 6.45) is 5.22. The third-order valence-corrected chi connectivity index (χ3v) is 9.53. The van der Waals surface area contributed by atoms with Gasteiger partial charge in [0.1, 0.15) is 24.1 Å². The molecule has 8 rings (SSSR count). The van der Waals surface area contributed by atoms with Crippen molar-refractivity contribution in [2.75, 3.05) is 37.7 Å². The van der Waals surface area contributed by atoms with Gasteiger partial charge in [0.05, 0.1) is 28.9 Å². The molecule has 2 bridgehead atoms. The molecule has 6 heterocycles. The number of nitrogens with one attached hydrogen (secondary N) is 2. The zero-order valence-electron chi connectivity index (χ0n) is 22.5. The number of rotatable bonds is 5. The topological polar surface area (TPSA) is 106 Å². The Balaban J connectivity index is 1.26. The molecule has 9 nitrogen and oxygen atoms in total. The first kappa shape index (κ1) is 24.9. The first-order valence-corrected chi connectivity index (χ1v) is 14.4. The van der Waals surface area contributed by atoms with Gasteiger partial charge in [0.25, 0.3) is 0 Å². The number of nitriles is 1. The number of ether oxygens (including phenoxy) is 1.